The van der Waals surface area contributed by atoms with Crippen molar-refractivity contribution in [1.82, 2.24) is 0 Å². The van der Waals surface area contributed by atoms with Gasteiger partial charge in [0.2, 0.25) is 0 Å². The molecule has 0 atom stereocenters. The Morgan fingerprint density at radius 2 is 2.10 bits per heavy atom. The molecule has 2 aromatic carbocycles. The minimum atomic E-state index is -0.515. The molecule has 0 bridgehead atoms. The first kappa shape index (κ1) is 15.8. The third kappa shape index (κ3) is 3.95. The molecule has 0 saturated heterocycles. The van der Waals surface area contributed by atoms with Gasteiger partial charge in [-0.15, -0.1) is 0 Å². The Morgan fingerprint density at radius 3 is 2.76 bits per heavy atom. The van der Waals surface area contributed by atoms with E-state index in [1.54, 1.807) is 30.3 Å². The summed E-state index contributed by atoms with van der Waals surface area (Å²) in [5.41, 5.74) is 1.44. The topological polar surface area (TPSA) is 38.3 Å². The van der Waals surface area contributed by atoms with Crippen molar-refractivity contribution in [2.75, 3.05) is 12.4 Å². The van der Waals surface area contributed by atoms with Gasteiger partial charge in [0.15, 0.2) is 0 Å². The van der Waals surface area contributed by atoms with Gasteiger partial charge in [0.25, 0.3) is 0 Å². The lowest BCUT2D eigenvalue weighted by atomic mass is 10.1. The lowest BCUT2D eigenvalue weighted by Gasteiger charge is -2.10. The van der Waals surface area contributed by atoms with Crippen LogP contribution in [-0.4, -0.2) is 13.1 Å². The zero-order valence-corrected chi connectivity index (χ0v) is 13.5. The summed E-state index contributed by atoms with van der Waals surface area (Å²) in [7, 11) is 1.29. The molecule has 0 aromatic heterocycles. The highest BCUT2D eigenvalue weighted by atomic mass is 79.9. The number of methoxy groups -OCH3 is 1. The van der Waals surface area contributed by atoms with Crippen molar-refractivity contribution in [3.05, 3.63) is 62.8 Å². The maximum atomic E-state index is 13.7. The molecular formula is C15H12BrClFNO2. The monoisotopic (exact) mass is 371 g/mol. The summed E-state index contributed by atoms with van der Waals surface area (Å²) in [6, 6.07) is 9.73. The molecule has 2 rings (SSSR count). The Bertz CT molecular complexity index is 679. The molecule has 0 amide bonds. The number of ether oxygens (including phenoxy) is 1. The summed E-state index contributed by atoms with van der Waals surface area (Å²) in [6.45, 7) is 0.293. The van der Waals surface area contributed by atoms with Gasteiger partial charge in [-0.25, -0.2) is 9.18 Å². The number of esters is 1. The number of nitrogens with one attached hydrogen (secondary N) is 1. The standard InChI is InChI=1S/C15H12BrClFNO2/c1-21-15(20)12-7-11(4-5-13(12)17)19-8-9-2-3-10(16)6-14(9)18/h2-7,19H,8H2,1H3. The van der Waals surface area contributed by atoms with E-state index in [0.717, 1.165) is 0 Å². The minimum Gasteiger partial charge on any atom is -0.465 e. The minimum absolute atomic E-state index is 0.264. The van der Waals surface area contributed by atoms with Gasteiger partial charge < -0.3 is 10.1 Å². The van der Waals surface area contributed by atoms with E-state index in [9.17, 15) is 9.18 Å². The van der Waals surface area contributed by atoms with E-state index >= 15 is 0 Å². The number of benzene rings is 2. The Labute approximate surface area is 135 Å². The third-order valence-corrected chi connectivity index (χ3v) is 3.69. The molecule has 0 unspecified atom stereocenters. The first-order chi connectivity index (χ1) is 10.0. The molecule has 0 saturated carbocycles. The van der Waals surface area contributed by atoms with Gasteiger partial charge in [0.05, 0.1) is 17.7 Å². The van der Waals surface area contributed by atoms with Crippen molar-refractivity contribution in [2.24, 2.45) is 0 Å². The van der Waals surface area contributed by atoms with Crippen LogP contribution < -0.4 is 5.32 Å². The van der Waals surface area contributed by atoms with Crippen LogP contribution in [0.1, 0.15) is 15.9 Å². The second-order valence-corrected chi connectivity index (χ2v) is 5.60. The van der Waals surface area contributed by atoms with Crippen molar-refractivity contribution in [1.29, 1.82) is 0 Å². The average Bonchev–Trinajstić information content (AvgIpc) is 2.47. The van der Waals surface area contributed by atoms with Crippen LogP contribution in [0, 0.1) is 5.82 Å². The predicted octanol–water partition coefficient (Wildman–Crippen LogP) is 4.64. The molecule has 0 heterocycles. The molecule has 0 fully saturated rings. The van der Waals surface area contributed by atoms with Crippen LogP contribution in [0.4, 0.5) is 10.1 Å². The summed E-state index contributed by atoms with van der Waals surface area (Å²) in [5, 5.41) is 3.35. The summed E-state index contributed by atoms with van der Waals surface area (Å²) in [4.78, 5) is 11.6. The van der Waals surface area contributed by atoms with Crippen molar-refractivity contribution in [2.45, 2.75) is 6.54 Å². The van der Waals surface area contributed by atoms with Gasteiger partial charge in [0, 0.05) is 22.3 Å². The highest BCUT2D eigenvalue weighted by Gasteiger charge is 2.11. The van der Waals surface area contributed by atoms with Gasteiger partial charge in [-0.2, -0.15) is 0 Å². The fraction of sp³-hybridized carbons (Fsp3) is 0.133. The summed E-state index contributed by atoms with van der Waals surface area (Å²) < 4.78 is 19.0. The highest BCUT2D eigenvalue weighted by molar-refractivity contribution is 9.10. The lowest BCUT2D eigenvalue weighted by Crippen LogP contribution is -2.05. The van der Waals surface area contributed by atoms with Crippen LogP contribution in [0.3, 0.4) is 0 Å². The Hall–Kier alpha value is -1.59. The maximum Gasteiger partial charge on any atom is 0.339 e. The fourth-order valence-corrected chi connectivity index (χ4v) is 2.29. The molecule has 0 aliphatic carbocycles. The van der Waals surface area contributed by atoms with Gasteiger partial charge >= 0.3 is 5.97 Å². The molecule has 2 aromatic rings. The molecule has 3 nitrogen and oxygen atoms in total. The normalized spacial score (nSPS) is 10.3. The predicted molar refractivity (Wildman–Crippen MR) is 84.2 cm³/mol. The number of anilines is 1. The zero-order chi connectivity index (χ0) is 15.4. The van der Waals surface area contributed by atoms with Crippen LogP contribution in [-0.2, 0) is 11.3 Å². The van der Waals surface area contributed by atoms with Gasteiger partial charge in [-0.05, 0) is 30.3 Å². The van der Waals surface area contributed by atoms with Crippen molar-refractivity contribution >= 4 is 39.2 Å². The number of carbonyl (C=O) groups is 1. The van der Waals surface area contributed by atoms with Crippen molar-refractivity contribution in [3.63, 3.8) is 0 Å². The van der Waals surface area contributed by atoms with Gasteiger partial charge in [0.1, 0.15) is 5.82 Å². The molecule has 0 radical (unpaired) electrons. The molecule has 0 aliphatic heterocycles. The lowest BCUT2D eigenvalue weighted by molar-refractivity contribution is 0.0601. The van der Waals surface area contributed by atoms with E-state index in [2.05, 4.69) is 26.0 Å². The fourth-order valence-electron chi connectivity index (χ4n) is 1.76. The summed E-state index contributed by atoms with van der Waals surface area (Å²) in [6.07, 6.45) is 0. The Kier molecular flexibility index (Phi) is 5.20. The Morgan fingerprint density at radius 1 is 1.33 bits per heavy atom. The van der Waals surface area contributed by atoms with Crippen molar-refractivity contribution in [3.8, 4) is 0 Å². The smallest absolute Gasteiger partial charge is 0.339 e. The number of rotatable bonds is 4. The highest BCUT2D eigenvalue weighted by Crippen LogP contribution is 2.22. The van der Waals surface area contributed by atoms with Crippen LogP contribution in [0.2, 0.25) is 5.02 Å². The van der Waals surface area contributed by atoms with Crippen LogP contribution >= 0.6 is 27.5 Å². The second kappa shape index (κ2) is 6.91. The summed E-state index contributed by atoms with van der Waals surface area (Å²) in [5.74, 6) is -0.822. The number of carbonyl (C=O) groups excluding carboxylic acids is 1. The van der Waals surface area contributed by atoms with E-state index in [4.69, 9.17) is 11.6 Å². The number of hydrogen-bond donors (Lipinski definition) is 1. The molecule has 0 aliphatic rings. The number of halogens is 3. The van der Waals surface area contributed by atoms with Gasteiger partial charge in [-0.1, -0.05) is 33.6 Å². The molecule has 110 valence electrons. The summed E-state index contributed by atoms with van der Waals surface area (Å²) >= 11 is 9.14. The van der Waals surface area contributed by atoms with E-state index in [1.807, 2.05) is 0 Å². The second-order valence-electron chi connectivity index (χ2n) is 4.28. The average molecular weight is 373 g/mol. The molecule has 1 N–H and O–H groups in total. The largest absolute Gasteiger partial charge is 0.465 e. The first-order valence-corrected chi connectivity index (χ1v) is 7.24. The Balaban J connectivity index is 2.15. The zero-order valence-electron chi connectivity index (χ0n) is 11.1. The molecule has 6 heteroatoms. The van der Waals surface area contributed by atoms with E-state index in [-0.39, 0.29) is 11.4 Å². The quantitative estimate of drug-likeness (QED) is 0.795. The van der Waals surface area contributed by atoms with Crippen LogP contribution in [0.15, 0.2) is 40.9 Å². The van der Waals surface area contributed by atoms with Crippen LogP contribution in [0.5, 0.6) is 0 Å². The molecule has 21 heavy (non-hydrogen) atoms. The van der Waals surface area contributed by atoms with Crippen molar-refractivity contribution < 1.29 is 13.9 Å². The first-order valence-electron chi connectivity index (χ1n) is 6.07. The molecular weight excluding hydrogens is 361 g/mol. The van der Waals surface area contributed by atoms with E-state index in [0.29, 0.717) is 27.3 Å². The molecule has 0 spiro atoms. The van der Waals surface area contributed by atoms with Gasteiger partial charge in [-0.3, -0.25) is 0 Å². The van der Waals surface area contributed by atoms with E-state index in [1.165, 1.54) is 13.2 Å². The third-order valence-electron chi connectivity index (χ3n) is 2.87. The van der Waals surface area contributed by atoms with Crippen LogP contribution in [0.25, 0.3) is 0 Å². The maximum absolute atomic E-state index is 13.7. The van der Waals surface area contributed by atoms with E-state index < -0.39 is 5.97 Å². The SMILES string of the molecule is COC(=O)c1cc(NCc2ccc(Br)cc2F)ccc1Cl. The number of hydrogen-bond acceptors (Lipinski definition) is 3.